The molecule has 88 valence electrons. The van der Waals surface area contributed by atoms with Crippen molar-refractivity contribution < 1.29 is 4.74 Å². The number of rotatable bonds is 5. The summed E-state index contributed by atoms with van der Waals surface area (Å²) in [6.45, 7) is 3.28. The van der Waals surface area contributed by atoms with Crippen molar-refractivity contribution in [2.75, 3.05) is 13.7 Å². The first-order chi connectivity index (χ1) is 7.70. The summed E-state index contributed by atoms with van der Waals surface area (Å²) < 4.78 is 5.14. The van der Waals surface area contributed by atoms with Crippen molar-refractivity contribution in [3.05, 3.63) is 28.8 Å². The van der Waals surface area contributed by atoms with Gasteiger partial charge in [0.25, 0.3) is 0 Å². The maximum Gasteiger partial charge on any atom is 0.137 e. The summed E-state index contributed by atoms with van der Waals surface area (Å²) in [6.07, 6.45) is 2.76. The molecule has 1 N–H and O–H groups in total. The first kappa shape index (κ1) is 11.7. The van der Waals surface area contributed by atoms with Gasteiger partial charge in [0, 0.05) is 6.04 Å². The molecule has 16 heavy (non-hydrogen) atoms. The number of hydrogen-bond donors (Lipinski definition) is 1. The molecular weight excluding hydrogens is 222 g/mol. The quantitative estimate of drug-likeness (QED) is 0.850. The van der Waals surface area contributed by atoms with Crippen LogP contribution in [0.2, 0.25) is 5.02 Å². The Labute approximate surface area is 102 Å². The van der Waals surface area contributed by atoms with Crippen LogP contribution in [0.5, 0.6) is 5.75 Å². The number of nitrogens with one attached hydrogen (secondary N) is 1. The standard InChI is InChI=1S/C13H18ClNO/c1-9(15-8-10-3-4-10)11-5-6-13(16-2)12(14)7-11/h5-7,9-10,15H,3-4,8H2,1-2H3. The molecule has 0 spiro atoms. The van der Waals surface area contributed by atoms with Gasteiger partial charge in [0.15, 0.2) is 0 Å². The topological polar surface area (TPSA) is 21.3 Å². The molecule has 1 aromatic carbocycles. The van der Waals surface area contributed by atoms with Crippen LogP contribution in [-0.4, -0.2) is 13.7 Å². The van der Waals surface area contributed by atoms with Crippen LogP contribution in [0.3, 0.4) is 0 Å². The Balaban J connectivity index is 1.98. The number of benzene rings is 1. The molecule has 1 aliphatic carbocycles. The summed E-state index contributed by atoms with van der Waals surface area (Å²) in [7, 11) is 1.63. The van der Waals surface area contributed by atoms with E-state index in [1.165, 1.54) is 18.4 Å². The molecule has 0 radical (unpaired) electrons. The Bertz CT molecular complexity index is 363. The van der Waals surface area contributed by atoms with Crippen molar-refractivity contribution in [2.24, 2.45) is 5.92 Å². The smallest absolute Gasteiger partial charge is 0.137 e. The van der Waals surface area contributed by atoms with Crippen molar-refractivity contribution >= 4 is 11.6 Å². The van der Waals surface area contributed by atoms with Gasteiger partial charge in [-0.15, -0.1) is 0 Å². The lowest BCUT2D eigenvalue weighted by Crippen LogP contribution is -2.21. The van der Waals surface area contributed by atoms with E-state index in [1.54, 1.807) is 7.11 Å². The third kappa shape index (κ3) is 2.89. The molecule has 2 rings (SSSR count). The highest BCUT2D eigenvalue weighted by Gasteiger charge is 2.21. The number of methoxy groups -OCH3 is 1. The van der Waals surface area contributed by atoms with Crippen LogP contribution in [0.4, 0.5) is 0 Å². The third-order valence-electron chi connectivity index (χ3n) is 3.09. The monoisotopic (exact) mass is 239 g/mol. The molecule has 1 fully saturated rings. The van der Waals surface area contributed by atoms with Gasteiger partial charge in [-0.05, 0) is 49.9 Å². The van der Waals surface area contributed by atoms with Gasteiger partial charge in [-0.3, -0.25) is 0 Å². The van der Waals surface area contributed by atoms with Gasteiger partial charge in [0.2, 0.25) is 0 Å². The highest BCUT2D eigenvalue weighted by Crippen LogP contribution is 2.30. The van der Waals surface area contributed by atoms with Gasteiger partial charge in [0.05, 0.1) is 12.1 Å². The lowest BCUT2D eigenvalue weighted by molar-refractivity contribution is 0.414. The predicted molar refractivity (Wildman–Crippen MR) is 67.1 cm³/mol. The summed E-state index contributed by atoms with van der Waals surface area (Å²) in [4.78, 5) is 0. The van der Waals surface area contributed by atoms with Crippen LogP contribution in [0.1, 0.15) is 31.4 Å². The maximum absolute atomic E-state index is 6.10. The predicted octanol–water partition coefficient (Wildman–Crippen LogP) is 3.41. The molecule has 0 amide bonds. The van der Waals surface area contributed by atoms with Crippen LogP contribution >= 0.6 is 11.6 Å². The van der Waals surface area contributed by atoms with E-state index < -0.39 is 0 Å². The van der Waals surface area contributed by atoms with Gasteiger partial charge in [-0.1, -0.05) is 17.7 Å². The van der Waals surface area contributed by atoms with Crippen LogP contribution in [0.25, 0.3) is 0 Å². The van der Waals surface area contributed by atoms with Crippen molar-refractivity contribution in [3.8, 4) is 5.75 Å². The number of hydrogen-bond acceptors (Lipinski definition) is 2. The molecule has 3 heteroatoms. The first-order valence-electron chi connectivity index (χ1n) is 5.77. The first-order valence-corrected chi connectivity index (χ1v) is 6.15. The van der Waals surface area contributed by atoms with Crippen LogP contribution in [0, 0.1) is 5.92 Å². The molecule has 1 aliphatic rings. The Morgan fingerprint density at radius 2 is 2.25 bits per heavy atom. The molecule has 1 saturated carbocycles. The van der Waals surface area contributed by atoms with E-state index in [2.05, 4.69) is 18.3 Å². The Morgan fingerprint density at radius 3 is 2.81 bits per heavy atom. The summed E-state index contributed by atoms with van der Waals surface area (Å²) >= 11 is 6.10. The Hall–Kier alpha value is -0.730. The minimum Gasteiger partial charge on any atom is -0.495 e. The van der Waals surface area contributed by atoms with E-state index in [0.29, 0.717) is 11.1 Å². The highest BCUT2D eigenvalue weighted by molar-refractivity contribution is 6.32. The summed E-state index contributed by atoms with van der Waals surface area (Å²) in [5, 5.41) is 4.21. The zero-order chi connectivity index (χ0) is 11.5. The van der Waals surface area contributed by atoms with Crippen LogP contribution in [0.15, 0.2) is 18.2 Å². The Morgan fingerprint density at radius 1 is 1.50 bits per heavy atom. The third-order valence-corrected chi connectivity index (χ3v) is 3.38. The van der Waals surface area contributed by atoms with Gasteiger partial charge in [0.1, 0.15) is 5.75 Å². The highest BCUT2D eigenvalue weighted by atomic mass is 35.5. The second-order valence-corrected chi connectivity index (χ2v) is 4.87. The number of halogens is 1. The van der Waals surface area contributed by atoms with E-state index in [1.807, 2.05) is 12.1 Å². The molecule has 0 aromatic heterocycles. The molecule has 1 atom stereocenters. The fraction of sp³-hybridized carbons (Fsp3) is 0.538. The molecule has 1 unspecified atom stereocenters. The fourth-order valence-electron chi connectivity index (χ4n) is 1.74. The summed E-state index contributed by atoms with van der Waals surface area (Å²) in [5.74, 6) is 1.64. The number of ether oxygens (including phenoxy) is 1. The minimum atomic E-state index is 0.351. The molecule has 1 aromatic rings. The largest absolute Gasteiger partial charge is 0.495 e. The molecule has 0 aliphatic heterocycles. The van der Waals surface area contributed by atoms with Crippen molar-refractivity contribution in [3.63, 3.8) is 0 Å². The lowest BCUT2D eigenvalue weighted by atomic mass is 10.1. The average Bonchev–Trinajstić information content (AvgIpc) is 3.09. The fourth-order valence-corrected chi connectivity index (χ4v) is 2.00. The summed E-state index contributed by atoms with van der Waals surface area (Å²) in [5.41, 5.74) is 1.21. The van der Waals surface area contributed by atoms with Gasteiger partial charge in [-0.2, -0.15) is 0 Å². The van der Waals surface area contributed by atoms with E-state index in [9.17, 15) is 0 Å². The van der Waals surface area contributed by atoms with E-state index >= 15 is 0 Å². The van der Waals surface area contributed by atoms with E-state index in [4.69, 9.17) is 16.3 Å². The lowest BCUT2D eigenvalue weighted by Gasteiger charge is -2.15. The molecule has 2 nitrogen and oxygen atoms in total. The summed E-state index contributed by atoms with van der Waals surface area (Å²) in [6, 6.07) is 6.32. The van der Waals surface area contributed by atoms with Gasteiger partial charge in [-0.25, -0.2) is 0 Å². The SMILES string of the molecule is COc1ccc(C(C)NCC2CC2)cc1Cl. The van der Waals surface area contributed by atoms with Crippen molar-refractivity contribution in [1.29, 1.82) is 0 Å². The zero-order valence-corrected chi connectivity index (χ0v) is 10.6. The molecule has 0 heterocycles. The van der Waals surface area contributed by atoms with Gasteiger partial charge >= 0.3 is 0 Å². The zero-order valence-electron chi connectivity index (χ0n) is 9.79. The molecular formula is C13H18ClNO. The Kier molecular flexibility index (Phi) is 3.72. The maximum atomic E-state index is 6.10. The second-order valence-electron chi connectivity index (χ2n) is 4.47. The molecule has 0 bridgehead atoms. The van der Waals surface area contributed by atoms with E-state index in [-0.39, 0.29) is 0 Å². The van der Waals surface area contributed by atoms with Gasteiger partial charge < -0.3 is 10.1 Å². The van der Waals surface area contributed by atoms with Crippen LogP contribution < -0.4 is 10.1 Å². The normalized spacial score (nSPS) is 17.2. The second kappa shape index (κ2) is 5.07. The van der Waals surface area contributed by atoms with Crippen molar-refractivity contribution in [1.82, 2.24) is 5.32 Å². The molecule has 0 saturated heterocycles. The van der Waals surface area contributed by atoms with E-state index in [0.717, 1.165) is 18.2 Å². The van der Waals surface area contributed by atoms with Crippen molar-refractivity contribution in [2.45, 2.75) is 25.8 Å². The minimum absolute atomic E-state index is 0.351. The average molecular weight is 240 g/mol. The van der Waals surface area contributed by atoms with Crippen LogP contribution in [-0.2, 0) is 0 Å².